The molecule has 0 unspecified atom stereocenters. The minimum Gasteiger partial charge on any atom is -0.424 e. The van der Waals surface area contributed by atoms with Gasteiger partial charge in [-0.05, 0) is 26.0 Å². The number of rotatable bonds is 5. The smallest absolute Gasteiger partial charge is 0.308 e. The highest BCUT2D eigenvalue weighted by Crippen LogP contribution is 2.26. The van der Waals surface area contributed by atoms with Crippen LogP contribution in [0.1, 0.15) is 27.2 Å². The van der Waals surface area contributed by atoms with Crippen LogP contribution in [0, 0.1) is 0 Å². The molecule has 2 amide bonds. The number of ether oxygens (including phenoxy) is 1. The molecule has 25 heavy (non-hydrogen) atoms. The molecule has 0 saturated carbocycles. The number of carbonyl (C=O) groups excluding carboxylic acids is 3. The number of anilines is 1. The van der Waals surface area contributed by atoms with Gasteiger partial charge >= 0.3 is 5.97 Å². The number of amidine groups is 1. The van der Waals surface area contributed by atoms with Gasteiger partial charge in [0, 0.05) is 19.1 Å². The van der Waals surface area contributed by atoms with Crippen molar-refractivity contribution in [2.75, 3.05) is 5.32 Å². The third kappa shape index (κ3) is 5.71. The predicted molar refractivity (Wildman–Crippen MR) is 96.7 cm³/mol. The van der Waals surface area contributed by atoms with E-state index in [0.29, 0.717) is 10.9 Å². The molecule has 1 heterocycles. The number of esters is 1. The van der Waals surface area contributed by atoms with Crippen molar-refractivity contribution < 1.29 is 19.1 Å². The third-order valence-electron chi connectivity index (χ3n) is 2.90. The second kappa shape index (κ2) is 8.43. The van der Waals surface area contributed by atoms with E-state index in [1.54, 1.807) is 38.1 Å². The van der Waals surface area contributed by atoms with Gasteiger partial charge in [0.1, 0.15) is 5.25 Å². The van der Waals surface area contributed by atoms with Gasteiger partial charge < -0.3 is 15.4 Å². The lowest BCUT2D eigenvalue weighted by atomic mass is 10.2. The normalized spacial score (nSPS) is 17.8. The number of hydrogen-bond acceptors (Lipinski definition) is 7. The maximum absolute atomic E-state index is 12.2. The lowest BCUT2D eigenvalue weighted by molar-refractivity contribution is -0.132. The van der Waals surface area contributed by atoms with E-state index in [1.165, 1.54) is 6.92 Å². The Balaban J connectivity index is 1.99. The molecule has 0 bridgehead atoms. The number of nitrogens with one attached hydrogen (secondary N) is 2. The predicted octanol–water partition coefficient (Wildman–Crippen LogP) is 1.92. The van der Waals surface area contributed by atoms with Crippen LogP contribution in [0.3, 0.4) is 0 Å². The Bertz CT molecular complexity index is 756. The van der Waals surface area contributed by atoms with Gasteiger partial charge in [-0.3, -0.25) is 14.4 Å². The first-order valence-corrected chi connectivity index (χ1v) is 8.37. The van der Waals surface area contributed by atoms with Crippen molar-refractivity contribution in [1.82, 2.24) is 5.32 Å². The summed E-state index contributed by atoms with van der Waals surface area (Å²) in [5.74, 6) is -0.901. The molecule has 0 spiro atoms. The molecule has 1 fully saturated rings. The van der Waals surface area contributed by atoms with Gasteiger partial charge in [0.25, 0.3) is 0 Å². The zero-order chi connectivity index (χ0) is 18.4. The van der Waals surface area contributed by atoms with E-state index in [2.05, 4.69) is 20.8 Å². The molecular formula is C16H18N4O4S. The fourth-order valence-corrected chi connectivity index (χ4v) is 2.83. The average molecular weight is 362 g/mol. The van der Waals surface area contributed by atoms with Crippen LogP contribution < -0.4 is 15.4 Å². The molecule has 1 aromatic carbocycles. The number of hydrogen-bond donors (Lipinski definition) is 2. The molecule has 2 N–H and O–H groups in total. The van der Waals surface area contributed by atoms with Crippen molar-refractivity contribution in [3.05, 3.63) is 24.3 Å². The van der Waals surface area contributed by atoms with E-state index in [-0.39, 0.29) is 24.0 Å². The van der Waals surface area contributed by atoms with Crippen molar-refractivity contribution in [3.63, 3.8) is 0 Å². The maximum atomic E-state index is 12.2. The van der Waals surface area contributed by atoms with Crippen LogP contribution in [-0.2, 0) is 14.4 Å². The molecule has 1 aliphatic heterocycles. The SMILES string of the molecule is CC(=O)Oc1ccccc1NC(=O)C[C@@H]1S/C(=N/N=C(C)C)NC1=O. The first-order valence-electron chi connectivity index (χ1n) is 7.49. The fraction of sp³-hybridized carbons (Fsp3) is 0.312. The quantitative estimate of drug-likeness (QED) is 0.360. The zero-order valence-electron chi connectivity index (χ0n) is 14.0. The topological polar surface area (TPSA) is 109 Å². The monoisotopic (exact) mass is 362 g/mol. The fourth-order valence-electron chi connectivity index (χ4n) is 1.92. The standard InChI is InChI=1S/C16H18N4O4S/c1-9(2)19-20-16-18-15(23)13(25-16)8-14(22)17-11-6-4-5-7-12(11)24-10(3)21/h4-7,13H,8H2,1-3H3,(H,17,22)(H,18,20,23)/t13-/m0/s1. The van der Waals surface area contributed by atoms with E-state index < -0.39 is 11.2 Å². The van der Waals surface area contributed by atoms with Gasteiger partial charge in [0.05, 0.1) is 5.69 Å². The van der Waals surface area contributed by atoms with Crippen LogP contribution in [-0.4, -0.2) is 33.9 Å². The van der Waals surface area contributed by atoms with Crippen LogP contribution in [0.15, 0.2) is 34.5 Å². The summed E-state index contributed by atoms with van der Waals surface area (Å²) in [6.45, 7) is 4.85. The Kier molecular flexibility index (Phi) is 6.29. The summed E-state index contributed by atoms with van der Waals surface area (Å²) >= 11 is 1.15. The first kappa shape index (κ1) is 18.7. The summed E-state index contributed by atoms with van der Waals surface area (Å²) in [7, 11) is 0. The van der Waals surface area contributed by atoms with E-state index in [1.807, 2.05) is 0 Å². The van der Waals surface area contributed by atoms with Crippen molar-refractivity contribution in [2.24, 2.45) is 10.2 Å². The molecule has 0 aromatic heterocycles. The molecule has 1 aromatic rings. The summed E-state index contributed by atoms with van der Waals surface area (Å²) in [4.78, 5) is 35.2. The average Bonchev–Trinajstić information content (AvgIpc) is 2.87. The summed E-state index contributed by atoms with van der Waals surface area (Å²) in [5.41, 5.74) is 1.12. The number of benzene rings is 1. The lowest BCUT2D eigenvalue weighted by Gasteiger charge is -2.11. The van der Waals surface area contributed by atoms with Gasteiger partial charge in [-0.25, -0.2) is 0 Å². The van der Waals surface area contributed by atoms with Crippen molar-refractivity contribution >= 4 is 46.1 Å². The number of para-hydroxylation sites is 2. The highest BCUT2D eigenvalue weighted by Gasteiger charge is 2.32. The number of nitrogens with zero attached hydrogens (tertiary/aromatic N) is 2. The molecule has 2 rings (SSSR count). The van der Waals surface area contributed by atoms with Crippen LogP contribution in [0.2, 0.25) is 0 Å². The van der Waals surface area contributed by atoms with E-state index in [4.69, 9.17) is 4.74 Å². The van der Waals surface area contributed by atoms with Gasteiger partial charge in [-0.15, -0.1) is 5.10 Å². The van der Waals surface area contributed by atoms with Gasteiger partial charge in [0.2, 0.25) is 11.8 Å². The Morgan fingerprint density at radius 1 is 1.28 bits per heavy atom. The Morgan fingerprint density at radius 2 is 2.00 bits per heavy atom. The Morgan fingerprint density at radius 3 is 2.68 bits per heavy atom. The first-order chi connectivity index (χ1) is 11.8. The van der Waals surface area contributed by atoms with Crippen LogP contribution in [0.25, 0.3) is 0 Å². The summed E-state index contributed by atoms with van der Waals surface area (Å²) in [5, 5.41) is 12.8. The van der Waals surface area contributed by atoms with Crippen molar-refractivity contribution in [2.45, 2.75) is 32.4 Å². The zero-order valence-corrected chi connectivity index (χ0v) is 14.8. The molecule has 0 radical (unpaired) electrons. The minimum atomic E-state index is -0.591. The molecule has 1 aliphatic rings. The molecule has 0 aliphatic carbocycles. The summed E-state index contributed by atoms with van der Waals surface area (Å²) in [6, 6.07) is 6.58. The van der Waals surface area contributed by atoms with E-state index >= 15 is 0 Å². The highest BCUT2D eigenvalue weighted by molar-refractivity contribution is 8.15. The van der Waals surface area contributed by atoms with Gasteiger partial charge in [0.15, 0.2) is 10.9 Å². The largest absolute Gasteiger partial charge is 0.424 e. The molecule has 8 nitrogen and oxygen atoms in total. The van der Waals surface area contributed by atoms with Gasteiger partial charge in [-0.2, -0.15) is 5.10 Å². The van der Waals surface area contributed by atoms with Gasteiger partial charge in [-0.1, -0.05) is 23.9 Å². The highest BCUT2D eigenvalue weighted by atomic mass is 32.2. The van der Waals surface area contributed by atoms with E-state index in [0.717, 1.165) is 17.5 Å². The third-order valence-corrected chi connectivity index (χ3v) is 3.98. The summed E-state index contributed by atoms with van der Waals surface area (Å²) < 4.78 is 5.04. The molecule has 1 saturated heterocycles. The van der Waals surface area contributed by atoms with Crippen LogP contribution >= 0.6 is 11.8 Å². The number of amides is 2. The Labute approximate surface area is 149 Å². The number of thioether (sulfide) groups is 1. The van der Waals surface area contributed by atoms with E-state index in [9.17, 15) is 14.4 Å². The summed E-state index contributed by atoms with van der Waals surface area (Å²) in [6.07, 6.45) is -0.0429. The lowest BCUT2D eigenvalue weighted by Crippen LogP contribution is -2.28. The second-order valence-electron chi connectivity index (χ2n) is 5.39. The van der Waals surface area contributed by atoms with Crippen molar-refractivity contribution in [1.29, 1.82) is 0 Å². The molecular weight excluding hydrogens is 344 g/mol. The molecule has 9 heteroatoms. The molecule has 132 valence electrons. The van der Waals surface area contributed by atoms with Crippen molar-refractivity contribution in [3.8, 4) is 5.75 Å². The minimum absolute atomic E-state index is 0.0429. The maximum Gasteiger partial charge on any atom is 0.308 e. The van der Waals surface area contributed by atoms with Crippen LogP contribution in [0.4, 0.5) is 5.69 Å². The Hall–Kier alpha value is -2.68. The van der Waals surface area contributed by atoms with Crippen LogP contribution in [0.5, 0.6) is 5.75 Å². The second-order valence-corrected chi connectivity index (χ2v) is 6.58. The number of carbonyl (C=O) groups is 3. The molecule has 1 atom stereocenters.